The number of anilines is 1. The molecule has 2 aliphatic rings. The molecule has 0 aromatic carbocycles. The Labute approximate surface area is 208 Å². The molecule has 3 aromatic rings. The minimum Gasteiger partial charge on any atom is -0.481 e. The van der Waals surface area contributed by atoms with Crippen molar-refractivity contribution in [2.45, 2.75) is 57.2 Å². The molecule has 184 valence electrons. The molecule has 9 nitrogen and oxygen atoms in total. The van der Waals surface area contributed by atoms with Crippen molar-refractivity contribution in [1.82, 2.24) is 25.1 Å². The number of aromatic nitrogens is 5. The van der Waals surface area contributed by atoms with Crippen molar-refractivity contribution in [2.24, 2.45) is 5.92 Å². The van der Waals surface area contributed by atoms with Crippen molar-refractivity contribution in [3.05, 3.63) is 41.8 Å². The SMILES string of the molecule is O=C(O)C[C@H]1CC[C@H](OC2CCN(c3ccc(-c4nnc(-c5ccc(Cl)nc5)[nH]4)cn3)CC2)CC1. The number of carboxylic acid groups (broad SMARTS) is 1. The van der Waals surface area contributed by atoms with Crippen LogP contribution in [0.5, 0.6) is 0 Å². The molecule has 0 radical (unpaired) electrons. The Kier molecular flexibility index (Phi) is 7.24. The summed E-state index contributed by atoms with van der Waals surface area (Å²) in [6, 6.07) is 7.59. The van der Waals surface area contributed by atoms with E-state index in [1.165, 1.54) is 0 Å². The van der Waals surface area contributed by atoms with Crippen molar-refractivity contribution in [2.75, 3.05) is 18.0 Å². The molecule has 1 aliphatic carbocycles. The predicted molar refractivity (Wildman–Crippen MR) is 132 cm³/mol. The van der Waals surface area contributed by atoms with Gasteiger partial charge in [0.15, 0.2) is 11.6 Å². The maximum Gasteiger partial charge on any atom is 0.303 e. The van der Waals surface area contributed by atoms with Gasteiger partial charge in [0.2, 0.25) is 0 Å². The lowest BCUT2D eigenvalue weighted by atomic mass is 9.85. The Hall–Kier alpha value is -3.04. The van der Waals surface area contributed by atoms with Gasteiger partial charge in [-0.25, -0.2) is 9.97 Å². The molecule has 0 unspecified atom stereocenters. The van der Waals surface area contributed by atoms with Crippen LogP contribution in [0, 0.1) is 5.92 Å². The molecule has 0 amide bonds. The fourth-order valence-electron chi connectivity index (χ4n) is 4.96. The second-order valence-electron chi connectivity index (χ2n) is 9.36. The largest absolute Gasteiger partial charge is 0.481 e. The summed E-state index contributed by atoms with van der Waals surface area (Å²) in [6.07, 6.45) is 10.1. The quantitative estimate of drug-likeness (QED) is 0.456. The number of hydrogen-bond donors (Lipinski definition) is 2. The lowest BCUT2D eigenvalue weighted by Gasteiger charge is -2.36. The third kappa shape index (κ3) is 5.97. The average Bonchev–Trinajstić information content (AvgIpc) is 3.36. The molecule has 1 saturated heterocycles. The monoisotopic (exact) mass is 496 g/mol. The number of aromatic amines is 1. The van der Waals surface area contributed by atoms with Crippen molar-refractivity contribution >= 4 is 23.4 Å². The van der Waals surface area contributed by atoms with Gasteiger partial charge in [0, 0.05) is 43.0 Å². The molecule has 35 heavy (non-hydrogen) atoms. The Morgan fingerprint density at radius 2 is 1.57 bits per heavy atom. The number of H-pyrrole nitrogens is 1. The molecule has 3 aromatic heterocycles. The van der Waals surface area contributed by atoms with Gasteiger partial charge in [0.25, 0.3) is 0 Å². The highest BCUT2D eigenvalue weighted by atomic mass is 35.5. The van der Waals surface area contributed by atoms with Crippen LogP contribution in [0.3, 0.4) is 0 Å². The zero-order valence-corrected chi connectivity index (χ0v) is 20.2. The molecular weight excluding hydrogens is 468 g/mol. The van der Waals surface area contributed by atoms with Crippen molar-refractivity contribution in [3.63, 3.8) is 0 Å². The topological polar surface area (TPSA) is 117 Å². The number of carbonyl (C=O) groups is 1. The second-order valence-corrected chi connectivity index (χ2v) is 9.75. The normalized spacial score (nSPS) is 21.2. The van der Waals surface area contributed by atoms with E-state index in [0.717, 1.165) is 68.6 Å². The van der Waals surface area contributed by atoms with Crippen molar-refractivity contribution in [1.29, 1.82) is 0 Å². The van der Waals surface area contributed by atoms with Crippen LogP contribution in [0.15, 0.2) is 36.7 Å². The number of piperidine rings is 1. The maximum absolute atomic E-state index is 10.9. The van der Waals surface area contributed by atoms with Gasteiger partial charge in [-0.2, -0.15) is 0 Å². The van der Waals surface area contributed by atoms with Gasteiger partial charge in [0.05, 0.1) is 12.2 Å². The Morgan fingerprint density at radius 1 is 0.943 bits per heavy atom. The summed E-state index contributed by atoms with van der Waals surface area (Å²) < 4.78 is 6.37. The number of aliphatic carboxylic acids is 1. The van der Waals surface area contributed by atoms with Crippen LogP contribution in [0.2, 0.25) is 5.15 Å². The summed E-state index contributed by atoms with van der Waals surface area (Å²) in [4.78, 5) is 25.2. The highest BCUT2D eigenvalue weighted by Gasteiger charge is 2.28. The fourth-order valence-corrected chi connectivity index (χ4v) is 5.08. The molecule has 2 fully saturated rings. The van der Waals surface area contributed by atoms with Crippen LogP contribution in [0.4, 0.5) is 5.82 Å². The molecule has 1 aliphatic heterocycles. The highest BCUT2D eigenvalue weighted by Crippen LogP contribution is 2.31. The molecular formula is C25H29ClN6O3. The third-order valence-corrected chi connectivity index (χ3v) is 7.14. The van der Waals surface area contributed by atoms with Gasteiger partial charge in [-0.3, -0.25) is 4.79 Å². The minimum atomic E-state index is -0.690. The number of nitrogens with one attached hydrogen (secondary N) is 1. The van der Waals surface area contributed by atoms with Crippen molar-refractivity contribution < 1.29 is 14.6 Å². The highest BCUT2D eigenvalue weighted by molar-refractivity contribution is 6.29. The van der Waals surface area contributed by atoms with Gasteiger partial charge in [-0.05, 0) is 68.7 Å². The summed E-state index contributed by atoms with van der Waals surface area (Å²) in [5, 5.41) is 17.9. The van der Waals surface area contributed by atoms with E-state index in [1.54, 1.807) is 12.3 Å². The van der Waals surface area contributed by atoms with E-state index in [9.17, 15) is 4.79 Å². The molecule has 4 heterocycles. The number of rotatable bonds is 7. The smallest absolute Gasteiger partial charge is 0.303 e. The van der Waals surface area contributed by atoms with Crippen LogP contribution in [-0.4, -0.2) is 61.5 Å². The van der Waals surface area contributed by atoms with Crippen LogP contribution in [0.1, 0.15) is 44.9 Å². The number of nitrogens with zero attached hydrogens (tertiary/aromatic N) is 5. The van der Waals surface area contributed by atoms with Gasteiger partial charge in [-0.1, -0.05) is 11.6 Å². The lowest BCUT2D eigenvalue weighted by Crippen LogP contribution is -2.39. The van der Waals surface area contributed by atoms with E-state index >= 15 is 0 Å². The first-order chi connectivity index (χ1) is 17.0. The molecule has 1 saturated carbocycles. The average molecular weight is 497 g/mol. The number of ether oxygens (including phenoxy) is 1. The van der Waals surface area contributed by atoms with Gasteiger partial charge < -0.3 is 19.7 Å². The Balaban J connectivity index is 1.11. The summed E-state index contributed by atoms with van der Waals surface area (Å²) in [5.74, 6) is 1.85. The van der Waals surface area contributed by atoms with E-state index in [2.05, 4.69) is 30.0 Å². The number of hydrogen-bond acceptors (Lipinski definition) is 7. The minimum absolute atomic E-state index is 0.265. The molecule has 0 spiro atoms. The summed E-state index contributed by atoms with van der Waals surface area (Å²) in [5.41, 5.74) is 1.68. The Bertz CT molecular complexity index is 1120. The van der Waals surface area contributed by atoms with E-state index in [-0.39, 0.29) is 18.6 Å². The van der Waals surface area contributed by atoms with E-state index in [1.807, 2.05) is 24.4 Å². The summed E-state index contributed by atoms with van der Waals surface area (Å²) in [6.45, 7) is 1.81. The number of halogens is 1. The predicted octanol–water partition coefficient (Wildman–Crippen LogP) is 4.60. The molecule has 0 atom stereocenters. The van der Waals surface area contributed by atoms with E-state index in [0.29, 0.717) is 22.7 Å². The van der Waals surface area contributed by atoms with Crippen LogP contribution < -0.4 is 4.90 Å². The zero-order chi connectivity index (χ0) is 24.2. The first-order valence-corrected chi connectivity index (χ1v) is 12.5. The Morgan fingerprint density at radius 3 is 2.14 bits per heavy atom. The number of carboxylic acids is 1. The van der Waals surface area contributed by atoms with Gasteiger partial charge in [-0.15, -0.1) is 10.2 Å². The number of pyridine rings is 2. The molecule has 5 rings (SSSR count). The first kappa shape index (κ1) is 23.7. The maximum atomic E-state index is 10.9. The van der Waals surface area contributed by atoms with E-state index in [4.69, 9.17) is 21.4 Å². The zero-order valence-electron chi connectivity index (χ0n) is 19.4. The van der Waals surface area contributed by atoms with Crippen LogP contribution >= 0.6 is 11.6 Å². The first-order valence-electron chi connectivity index (χ1n) is 12.2. The summed E-state index contributed by atoms with van der Waals surface area (Å²) >= 11 is 5.86. The molecule has 10 heteroatoms. The van der Waals surface area contributed by atoms with Gasteiger partial charge in [0.1, 0.15) is 11.0 Å². The molecule has 2 N–H and O–H groups in total. The third-order valence-electron chi connectivity index (χ3n) is 6.92. The van der Waals surface area contributed by atoms with Crippen molar-refractivity contribution in [3.8, 4) is 22.8 Å². The second kappa shape index (κ2) is 10.7. The van der Waals surface area contributed by atoms with Crippen LogP contribution in [0.25, 0.3) is 22.8 Å². The standard InChI is InChI=1S/C25H29ClN6O3/c26-21-7-3-17(14-27-21)24-29-25(31-30-24)18-4-8-22(28-15-18)32-11-9-20(10-12-32)35-19-5-1-16(2-6-19)13-23(33)34/h3-4,7-8,14-16,19-20H,1-2,5-6,9-13H2,(H,33,34)(H,29,30,31)/t16-,19-. The van der Waals surface area contributed by atoms with Crippen LogP contribution in [-0.2, 0) is 9.53 Å². The summed E-state index contributed by atoms with van der Waals surface area (Å²) in [7, 11) is 0. The fraction of sp³-hybridized carbons (Fsp3) is 0.480. The van der Waals surface area contributed by atoms with Gasteiger partial charge >= 0.3 is 5.97 Å². The van der Waals surface area contributed by atoms with E-state index < -0.39 is 5.97 Å². The lowest BCUT2D eigenvalue weighted by molar-refractivity contribution is -0.138. The molecule has 0 bridgehead atoms.